The van der Waals surface area contributed by atoms with E-state index in [2.05, 4.69) is 31.1 Å². The third-order valence-corrected chi connectivity index (χ3v) is 3.51. The molecule has 3 heteroatoms. The molecule has 0 fully saturated rings. The Morgan fingerprint density at radius 2 is 2.29 bits per heavy atom. The van der Waals surface area contributed by atoms with Crippen LogP contribution in [0.2, 0.25) is 0 Å². The van der Waals surface area contributed by atoms with Gasteiger partial charge >= 0.3 is 0 Å². The zero-order valence-electron chi connectivity index (χ0n) is 9.29. The second-order valence-corrected chi connectivity index (χ2v) is 4.66. The van der Waals surface area contributed by atoms with E-state index in [0.717, 1.165) is 18.9 Å². The Morgan fingerprint density at radius 3 is 2.79 bits per heavy atom. The van der Waals surface area contributed by atoms with E-state index in [4.69, 9.17) is 0 Å². The van der Waals surface area contributed by atoms with Crippen molar-refractivity contribution in [3.05, 3.63) is 16.6 Å². The van der Waals surface area contributed by atoms with E-state index in [9.17, 15) is 0 Å². The number of nitrogens with zero attached hydrogens (tertiary/aromatic N) is 1. The second kappa shape index (κ2) is 6.14. The molecule has 1 heterocycles. The quantitative estimate of drug-likeness (QED) is 0.784. The highest BCUT2D eigenvalue weighted by Gasteiger charge is 2.15. The average molecular weight is 212 g/mol. The van der Waals surface area contributed by atoms with Gasteiger partial charge in [-0.25, -0.2) is 0 Å². The van der Waals surface area contributed by atoms with E-state index >= 15 is 0 Å². The Morgan fingerprint density at radius 1 is 1.50 bits per heavy atom. The van der Waals surface area contributed by atoms with Crippen LogP contribution in [0, 0.1) is 5.92 Å². The van der Waals surface area contributed by atoms with Gasteiger partial charge in [0.05, 0.1) is 5.51 Å². The first-order valence-electron chi connectivity index (χ1n) is 5.38. The topological polar surface area (TPSA) is 24.9 Å². The SMILES string of the molecule is CCNC(C)C(CC)Cc1cncs1. The highest BCUT2D eigenvalue weighted by molar-refractivity contribution is 7.09. The smallest absolute Gasteiger partial charge is 0.0794 e. The maximum Gasteiger partial charge on any atom is 0.0794 e. The lowest BCUT2D eigenvalue weighted by molar-refractivity contribution is 0.369. The van der Waals surface area contributed by atoms with Gasteiger partial charge in [-0.15, -0.1) is 11.3 Å². The van der Waals surface area contributed by atoms with E-state index in [1.807, 2.05) is 11.7 Å². The first-order valence-corrected chi connectivity index (χ1v) is 6.26. The van der Waals surface area contributed by atoms with E-state index in [1.165, 1.54) is 11.3 Å². The van der Waals surface area contributed by atoms with Gasteiger partial charge in [0.1, 0.15) is 0 Å². The molecular weight excluding hydrogens is 192 g/mol. The van der Waals surface area contributed by atoms with Gasteiger partial charge in [-0.1, -0.05) is 20.3 Å². The lowest BCUT2D eigenvalue weighted by Crippen LogP contribution is -2.34. The molecule has 0 saturated carbocycles. The van der Waals surface area contributed by atoms with Gasteiger partial charge in [-0.2, -0.15) is 0 Å². The number of thiazole rings is 1. The minimum absolute atomic E-state index is 0.604. The predicted octanol–water partition coefficient (Wildman–Crippen LogP) is 2.71. The minimum Gasteiger partial charge on any atom is -0.314 e. The summed E-state index contributed by atoms with van der Waals surface area (Å²) in [5, 5.41) is 3.49. The van der Waals surface area contributed by atoms with E-state index in [1.54, 1.807) is 11.3 Å². The molecular formula is C11H20N2S. The highest BCUT2D eigenvalue weighted by Crippen LogP contribution is 2.18. The Labute approximate surface area is 90.8 Å². The molecule has 0 bridgehead atoms. The van der Waals surface area contributed by atoms with Crippen molar-refractivity contribution in [2.45, 2.75) is 39.7 Å². The van der Waals surface area contributed by atoms with Crippen LogP contribution in [0.5, 0.6) is 0 Å². The fraction of sp³-hybridized carbons (Fsp3) is 0.727. The van der Waals surface area contributed by atoms with Gasteiger partial charge in [0.25, 0.3) is 0 Å². The van der Waals surface area contributed by atoms with Gasteiger partial charge in [0.2, 0.25) is 0 Å². The Bertz CT molecular complexity index is 233. The van der Waals surface area contributed by atoms with Crippen LogP contribution < -0.4 is 5.32 Å². The number of nitrogens with one attached hydrogen (secondary N) is 1. The van der Waals surface area contributed by atoms with Crippen LogP contribution in [-0.2, 0) is 6.42 Å². The molecule has 14 heavy (non-hydrogen) atoms. The summed E-state index contributed by atoms with van der Waals surface area (Å²) in [5.74, 6) is 0.732. The third kappa shape index (κ3) is 3.39. The normalized spacial score (nSPS) is 15.4. The van der Waals surface area contributed by atoms with Crippen molar-refractivity contribution in [3.8, 4) is 0 Å². The molecule has 0 spiro atoms. The number of rotatable bonds is 6. The zero-order chi connectivity index (χ0) is 10.4. The molecule has 80 valence electrons. The molecule has 1 rings (SSSR count). The first-order chi connectivity index (χ1) is 6.77. The molecule has 2 atom stereocenters. The molecule has 2 nitrogen and oxygen atoms in total. The van der Waals surface area contributed by atoms with E-state index in [0.29, 0.717) is 6.04 Å². The lowest BCUT2D eigenvalue weighted by atomic mass is 9.94. The molecule has 0 aliphatic rings. The molecule has 1 aromatic rings. The summed E-state index contributed by atoms with van der Waals surface area (Å²) < 4.78 is 0. The molecule has 0 aliphatic carbocycles. The molecule has 0 aromatic carbocycles. The summed E-state index contributed by atoms with van der Waals surface area (Å²) in [6, 6.07) is 0.604. The molecule has 0 radical (unpaired) electrons. The molecule has 2 unspecified atom stereocenters. The number of hydrogen-bond donors (Lipinski definition) is 1. The second-order valence-electron chi connectivity index (χ2n) is 3.69. The van der Waals surface area contributed by atoms with Gasteiger partial charge in [0.15, 0.2) is 0 Å². The Balaban J connectivity index is 2.46. The summed E-state index contributed by atoms with van der Waals surface area (Å²) >= 11 is 1.76. The number of hydrogen-bond acceptors (Lipinski definition) is 3. The van der Waals surface area contributed by atoms with Crippen LogP contribution in [-0.4, -0.2) is 17.6 Å². The molecule has 0 saturated heterocycles. The summed E-state index contributed by atoms with van der Waals surface area (Å²) in [4.78, 5) is 5.52. The van der Waals surface area contributed by atoms with Crippen LogP contribution >= 0.6 is 11.3 Å². The largest absolute Gasteiger partial charge is 0.314 e. The number of aromatic nitrogens is 1. The van der Waals surface area contributed by atoms with E-state index in [-0.39, 0.29) is 0 Å². The van der Waals surface area contributed by atoms with Crippen LogP contribution in [0.15, 0.2) is 11.7 Å². The van der Waals surface area contributed by atoms with E-state index < -0.39 is 0 Å². The van der Waals surface area contributed by atoms with Crippen molar-refractivity contribution < 1.29 is 0 Å². The summed E-state index contributed by atoms with van der Waals surface area (Å²) in [6.45, 7) is 7.76. The van der Waals surface area contributed by atoms with Crippen LogP contribution in [0.3, 0.4) is 0 Å². The van der Waals surface area contributed by atoms with Crippen molar-refractivity contribution in [3.63, 3.8) is 0 Å². The van der Waals surface area contributed by atoms with Gasteiger partial charge < -0.3 is 5.32 Å². The van der Waals surface area contributed by atoms with Crippen molar-refractivity contribution >= 4 is 11.3 Å². The summed E-state index contributed by atoms with van der Waals surface area (Å²) in [6.07, 6.45) is 4.38. The Hall–Kier alpha value is -0.410. The van der Waals surface area contributed by atoms with Gasteiger partial charge in [-0.05, 0) is 25.8 Å². The first kappa shape index (κ1) is 11.7. The molecule has 1 N–H and O–H groups in total. The van der Waals surface area contributed by atoms with Gasteiger partial charge in [0, 0.05) is 17.1 Å². The molecule has 0 aliphatic heterocycles. The van der Waals surface area contributed by atoms with Crippen LogP contribution in [0.25, 0.3) is 0 Å². The van der Waals surface area contributed by atoms with Gasteiger partial charge in [-0.3, -0.25) is 4.98 Å². The van der Waals surface area contributed by atoms with Crippen LogP contribution in [0.4, 0.5) is 0 Å². The highest BCUT2D eigenvalue weighted by atomic mass is 32.1. The molecule has 0 amide bonds. The summed E-state index contributed by atoms with van der Waals surface area (Å²) in [5.41, 5.74) is 1.92. The van der Waals surface area contributed by atoms with Crippen molar-refractivity contribution in [1.82, 2.24) is 10.3 Å². The summed E-state index contributed by atoms with van der Waals surface area (Å²) in [7, 11) is 0. The standard InChI is InChI=1S/C11H20N2S/c1-4-10(9(3)13-5-2)6-11-7-12-8-14-11/h7-10,13H,4-6H2,1-3H3. The fourth-order valence-corrected chi connectivity index (χ4v) is 2.45. The fourth-order valence-electron chi connectivity index (χ4n) is 1.76. The lowest BCUT2D eigenvalue weighted by Gasteiger charge is -2.22. The average Bonchev–Trinajstić information content (AvgIpc) is 2.66. The monoisotopic (exact) mass is 212 g/mol. The maximum absolute atomic E-state index is 4.11. The van der Waals surface area contributed by atoms with Crippen molar-refractivity contribution in [1.29, 1.82) is 0 Å². The Kier molecular flexibility index (Phi) is 5.12. The third-order valence-electron chi connectivity index (χ3n) is 2.70. The predicted molar refractivity (Wildman–Crippen MR) is 62.7 cm³/mol. The minimum atomic E-state index is 0.604. The van der Waals surface area contributed by atoms with Crippen molar-refractivity contribution in [2.24, 2.45) is 5.92 Å². The molecule has 1 aromatic heterocycles. The van der Waals surface area contributed by atoms with Crippen LogP contribution in [0.1, 0.15) is 32.1 Å². The zero-order valence-corrected chi connectivity index (χ0v) is 10.1. The van der Waals surface area contributed by atoms with Crippen molar-refractivity contribution in [2.75, 3.05) is 6.54 Å². The maximum atomic E-state index is 4.11.